The van der Waals surface area contributed by atoms with Gasteiger partial charge in [-0.3, -0.25) is 4.98 Å². The molecule has 0 spiro atoms. The predicted octanol–water partition coefficient (Wildman–Crippen LogP) is 4.71. The van der Waals surface area contributed by atoms with Crippen LogP contribution >= 0.6 is 12.2 Å². The molecule has 1 aromatic heterocycles. The van der Waals surface area contributed by atoms with Crippen LogP contribution in [0.3, 0.4) is 0 Å². The normalized spacial score (nSPS) is 14.4. The first-order valence-corrected chi connectivity index (χ1v) is 11.3. The summed E-state index contributed by atoms with van der Waals surface area (Å²) in [5.41, 5.74) is 2.00. The van der Waals surface area contributed by atoms with E-state index in [1.807, 2.05) is 36.5 Å². The van der Waals surface area contributed by atoms with Crippen LogP contribution in [0.5, 0.6) is 17.2 Å². The number of pyridine rings is 1. The molecular formula is C24H33N3O3S. The van der Waals surface area contributed by atoms with E-state index in [4.69, 9.17) is 26.4 Å². The Bertz CT molecular complexity index is 814. The second-order valence-corrected chi connectivity index (χ2v) is 8.24. The molecule has 3 rings (SSSR count). The van der Waals surface area contributed by atoms with E-state index in [9.17, 15) is 0 Å². The molecular weight excluding hydrogens is 410 g/mol. The molecule has 2 aromatic rings. The van der Waals surface area contributed by atoms with Gasteiger partial charge in [0.05, 0.1) is 33.6 Å². The van der Waals surface area contributed by atoms with Crippen LogP contribution in [-0.4, -0.2) is 42.4 Å². The van der Waals surface area contributed by atoms with Crippen molar-refractivity contribution in [3.05, 3.63) is 47.8 Å². The van der Waals surface area contributed by atoms with Crippen molar-refractivity contribution in [3.63, 3.8) is 0 Å². The highest BCUT2D eigenvalue weighted by Crippen LogP contribution is 2.38. The summed E-state index contributed by atoms with van der Waals surface area (Å²) in [6.07, 6.45) is 9.29. The zero-order valence-electron chi connectivity index (χ0n) is 18.7. The van der Waals surface area contributed by atoms with Crippen LogP contribution in [0.25, 0.3) is 0 Å². The minimum absolute atomic E-state index is 0.432. The van der Waals surface area contributed by atoms with Gasteiger partial charge in [0, 0.05) is 18.8 Å². The van der Waals surface area contributed by atoms with Crippen LogP contribution in [-0.2, 0) is 13.1 Å². The van der Waals surface area contributed by atoms with Gasteiger partial charge in [0.2, 0.25) is 5.75 Å². The van der Waals surface area contributed by atoms with Crippen molar-refractivity contribution in [1.29, 1.82) is 0 Å². The highest BCUT2D eigenvalue weighted by Gasteiger charge is 2.20. The molecule has 0 saturated heterocycles. The van der Waals surface area contributed by atoms with E-state index in [2.05, 4.69) is 15.2 Å². The molecule has 6 nitrogen and oxygen atoms in total. The molecule has 1 aromatic carbocycles. The fourth-order valence-electron chi connectivity index (χ4n) is 4.02. The molecule has 1 saturated carbocycles. The molecule has 1 heterocycles. The number of hydrogen-bond donors (Lipinski definition) is 1. The monoisotopic (exact) mass is 443 g/mol. The van der Waals surface area contributed by atoms with Crippen LogP contribution in [0.15, 0.2) is 36.5 Å². The largest absolute Gasteiger partial charge is 0.493 e. The van der Waals surface area contributed by atoms with Crippen molar-refractivity contribution in [2.45, 2.75) is 57.7 Å². The van der Waals surface area contributed by atoms with Gasteiger partial charge >= 0.3 is 0 Å². The maximum atomic E-state index is 5.87. The van der Waals surface area contributed by atoms with E-state index in [0.717, 1.165) is 16.4 Å². The minimum Gasteiger partial charge on any atom is -0.493 e. The van der Waals surface area contributed by atoms with Gasteiger partial charge in [0.15, 0.2) is 16.6 Å². The third-order valence-electron chi connectivity index (χ3n) is 5.65. The summed E-state index contributed by atoms with van der Waals surface area (Å²) in [5.74, 6) is 1.86. The molecule has 1 fully saturated rings. The van der Waals surface area contributed by atoms with Crippen molar-refractivity contribution in [3.8, 4) is 17.2 Å². The second-order valence-electron chi connectivity index (χ2n) is 7.85. The highest BCUT2D eigenvalue weighted by molar-refractivity contribution is 7.80. The van der Waals surface area contributed by atoms with E-state index in [-0.39, 0.29) is 0 Å². The zero-order chi connectivity index (χ0) is 22.1. The molecule has 1 N–H and O–H groups in total. The molecule has 31 heavy (non-hydrogen) atoms. The lowest BCUT2D eigenvalue weighted by atomic mass is 10.1. The van der Waals surface area contributed by atoms with Gasteiger partial charge in [0.1, 0.15) is 0 Å². The van der Waals surface area contributed by atoms with E-state index in [0.29, 0.717) is 36.4 Å². The Morgan fingerprint density at radius 2 is 1.68 bits per heavy atom. The number of ether oxygens (including phenoxy) is 3. The lowest BCUT2D eigenvalue weighted by Crippen LogP contribution is -2.44. The van der Waals surface area contributed by atoms with Gasteiger partial charge in [-0.05, 0) is 54.9 Å². The lowest BCUT2D eigenvalue weighted by Gasteiger charge is -2.29. The number of nitrogens with one attached hydrogen (secondary N) is 1. The average Bonchev–Trinajstić information content (AvgIpc) is 3.07. The predicted molar refractivity (Wildman–Crippen MR) is 127 cm³/mol. The van der Waals surface area contributed by atoms with Crippen LogP contribution in [0, 0.1) is 0 Å². The van der Waals surface area contributed by atoms with E-state index in [1.165, 1.54) is 38.5 Å². The van der Waals surface area contributed by atoms with E-state index < -0.39 is 0 Å². The van der Waals surface area contributed by atoms with Gasteiger partial charge in [-0.2, -0.15) is 0 Å². The summed E-state index contributed by atoms with van der Waals surface area (Å²) in [4.78, 5) is 6.66. The van der Waals surface area contributed by atoms with Crippen molar-refractivity contribution in [2.75, 3.05) is 21.3 Å². The van der Waals surface area contributed by atoms with Crippen LogP contribution in [0.1, 0.15) is 49.8 Å². The standard InChI is InChI=1S/C24H33N3O3S/c1-28-21-14-18(15-22(29-2)23(21)30-3)16-27(17-20-12-8-9-13-25-20)24(31)26-19-10-6-4-5-7-11-19/h8-9,12-15,19H,4-7,10-11,16-17H2,1-3H3,(H,26,31). The number of methoxy groups -OCH3 is 3. The second kappa shape index (κ2) is 11.7. The fraction of sp³-hybridized carbons (Fsp3) is 0.500. The van der Waals surface area contributed by atoms with E-state index in [1.54, 1.807) is 21.3 Å². The zero-order valence-corrected chi connectivity index (χ0v) is 19.5. The Morgan fingerprint density at radius 1 is 1.00 bits per heavy atom. The number of rotatable bonds is 8. The molecule has 0 bridgehead atoms. The van der Waals surface area contributed by atoms with Gasteiger partial charge in [-0.1, -0.05) is 31.7 Å². The summed E-state index contributed by atoms with van der Waals surface area (Å²) in [5, 5.41) is 4.38. The quantitative estimate of drug-likeness (QED) is 0.468. The molecule has 7 heteroatoms. The molecule has 1 aliphatic carbocycles. The average molecular weight is 444 g/mol. The van der Waals surface area contributed by atoms with Gasteiger partial charge in [0.25, 0.3) is 0 Å². The molecule has 1 aliphatic rings. The molecule has 168 valence electrons. The van der Waals surface area contributed by atoms with Crippen LogP contribution < -0.4 is 19.5 Å². The number of thiocarbonyl (C=S) groups is 1. The Labute approximate surface area is 190 Å². The molecule has 0 radical (unpaired) electrons. The number of aromatic nitrogens is 1. The van der Waals surface area contributed by atoms with Crippen LogP contribution in [0.4, 0.5) is 0 Å². The number of nitrogens with zero attached hydrogens (tertiary/aromatic N) is 2. The van der Waals surface area contributed by atoms with Crippen molar-refractivity contribution < 1.29 is 14.2 Å². The summed E-state index contributed by atoms with van der Waals surface area (Å²) >= 11 is 5.87. The van der Waals surface area contributed by atoms with Crippen molar-refractivity contribution >= 4 is 17.3 Å². The number of benzene rings is 1. The summed E-state index contributed by atoms with van der Waals surface area (Å²) < 4.78 is 16.5. The van der Waals surface area contributed by atoms with Gasteiger partial charge < -0.3 is 24.4 Å². The van der Waals surface area contributed by atoms with Gasteiger partial charge in [-0.25, -0.2) is 0 Å². The van der Waals surface area contributed by atoms with E-state index >= 15 is 0 Å². The summed E-state index contributed by atoms with van der Waals surface area (Å²) in [6, 6.07) is 10.3. The summed E-state index contributed by atoms with van der Waals surface area (Å²) in [7, 11) is 4.87. The Hall–Kier alpha value is -2.54. The first kappa shape index (κ1) is 23.1. The molecule has 0 unspecified atom stereocenters. The first-order chi connectivity index (χ1) is 15.1. The van der Waals surface area contributed by atoms with Crippen molar-refractivity contribution in [1.82, 2.24) is 15.2 Å². The van der Waals surface area contributed by atoms with Crippen LogP contribution in [0.2, 0.25) is 0 Å². The Morgan fingerprint density at radius 3 is 2.23 bits per heavy atom. The Balaban J connectivity index is 1.83. The molecule has 0 amide bonds. The minimum atomic E-state index is 0.432. The topological polar surface area (TPSA) is 55.9 Å². The number of hydrogen-bond acceptors (Lipinski definition) is 5. The highest BCUT2D eigenvalue weighted by atomic mass is 32.1. The molecule has 0 atom stereocenters. The fourth-order valence-corrected chi connectivity index (χ4v) is 4.32. The third kappa shape index (κ3) is 6.47. The molecule has 0 aliphatic heterocycles. The smallest absolute Gasteiger partial charge is 0.203 e. The lowest BCUT2D eigenvalue weighted by molar-refractivity contribution is 0.321. The maximum Gasteiger partial charge on any atom is 0.203 e. The van der Waals surface area contributed by atoms with Gasteiger partial charge in [-0.15, -0.1) is 0 Å². The first-order valence-electron chi connectivity index (χ1n) is 10.9. The SMILES string of the molecule is COc1cc(CN(Cc2ccccn2)C(=S)NC2CCCCCC2)cc(OC)c1OC. The summed E-state index contributed by atoms with van der Waals surface area (Å²) in [6.45, 7) is 1.22. The maximum absolute atomic E-state index is 5.87. The third-order valence-corrected chi connectivity index (χ3v) is 6.02. The van der Waals surface area contributed by atoms with Crippen molar-refractivity contribution in [2.24, 2.45) is 0 Å². The Kier molecular flexibility index (Phi) is 8.76.